The van der Waals surface area contributed by atoms with E-state index in [0.717, 1.165) is 14.7 Å². The van der Waals surface area contributed by atoms with E-state index in [4.69, 9.17) is 0 Å². The average Bonchev–Trinajstić information content (AvgIpc) is 2.66. The number of hydrogen-bond acceptors (Lipinski definition) is 5. The third-order valence-electron chi connectivity index (χ3n) is 3.71. The van der Waals surface area contributed by atoms with Gasteiger partial charge in [0, 0.05) is 15.3 Å². The van der Waals surface area contributed by atoms with Crippen LogP contribution in [0.3, 0.4) is 0 Å². The minimum atomic E-state index is -1.34. The Hall–Kier alpha value is -3.08. The maximum Gasteiger partial charge on any atom is 0.335 e. The zero-order valence-corrected chi connectivity index (χ0v) is 15.9. The number of carbonyl (C=O) groups is 4. The first kappa shape index (κ1) is 18.7. The first-order valence-electron chi connectivity index (χ1n) is 7.80. The van der Waals surface area contributed by atoms with Crippen LogP contribution in [0.5, 0.6) is 0 Å². The highest BCUT2D eigenvalue weighted by atomic mass is 127. The molecule has 0 spiro atoms. The maximum absolute atomic E-state index is 12.6. The molecular formula is C18H13IN4O4. The lowest BCUT2D eigenvalue weighted by atomic mass is 10.1. The second-order valence-electron chi connectivity index (χ2n) is 5.51. The number of rotatable bonds is 4. The van der Waals surface area contributed by atoms with Gasteiger partial charge in [0.2, 0.25) is 5.91 Å². The Balaban J connectivity index is 1.75. The summed E-state index contributed by atoms with van der Waals surface area (Å²) >= 11 is 2.09. The molecule has 3 rings (SSSR count). The van der Waals surface area contributed by atoms with Crippen LogP contribution in [0.1, 0.15) is 10.4 Å². The lowest BCUT2D eigenvalue weighted by molar-refractivity contribution is -0.131. The van der Waals surface area contributed by atoms with Gasteiger partial charge in [-0.1, -0.05) is 18.2 Å². The van der Waals surface area contributed by atoms with Crippen molar-refractivity contribution in [2.24, 2.45) is 11.0 Å². The van der Waals surface area contributed by atoms with Gasteiger partial charge in [-0.3, -0.25) is 19.7 Å². The Morgan fingerprint density at radius 3 is 2.41 bits per heavy atom. The Morgan fingerprint density at radius 2 is 1.74 bits per heavy atom. The molecule has 0 bridgehead atoms. The van der Waals surface area contributed by atoms with Crippen LogP contribution < -0.4 is 15.6 Å². The number of urea groups is 1. The highest BCUT2D eigenvalue weighted by Gasteiger charge is 2.40. The Bertz CT molecular complexity index is 928. The molecule has 1 heterocycles. The zero-order chi connectivity index (χ0) is 19.4. The van der Waals surface area contributed by atoms with Gasteiger partial charge in [-0.25, -0.2) is 15.1 Å². The van der Waals surface area contributed by atoms with E-state index in [2.05, 4.69) is 38.4 Å². The smallest absolute Gasteiger partial charge is 0.276 e. The van der Waals surface area contributed by atoms with Crippen LogP contribution in [-0.2, 0) is 9.59 Å². The van der Waals surface area contributed by atoms with E-state index in [1.165, 1.54) is 0 Å². The summed E-state index contributed by atoms with van der Waals surface area (Å²) in [5.41, 5.74) is 2.96. The number of benzene rings is 2. The Morgan fingerprint density at radius 1 is 1.07 bits per heavy atom. The van der Waals surface area contributed by atoms with E-state index in [1.807, 2.05) is 0 Å². The molecule has 9 heteroatoms. The fourth-order valence-corrected chi connectivity index (χ4v) is 2.74. The number of nitrogens with one attached hydrogen (secondary N) is 2. The number of halogens is 1. The number of hydrazone groups is 1. The summed E-state index contributed by atoms with van der Waals surface area (Å²) in [5, 5.41) is 5.81. The summed E-state index contributed by atoms with van der Waals surface area (Å²) in [5.74, 6) is -3.37. The van der Waals surface area contributed by atoms with Crippen molar-refractivity contribution in [1.29, 1.82) is 0 Å². The number of imide groups is 2. The number of nitrogens with zero attached hydrogens (tertiary/aromatic N) is 2. The van der Waals surface area contributed by atoms with Gasteiger partial charge in [0.25, 0.3) is 11.8 Å². The fourth-order valence-electron chi connectivity index (χ4n) is 2.38. The van der Waals surface area contributed by atoms with E-state index in [9.17, 15) is 19.2 Å². The molecule has 1 fully saturated rings. The molecule has 5 amide bonds. The van der Waals surface area contributed by atoms with Crippen molar-refractivity contribution < 1.29 is 19.2 Å². The Labute approximate surface area is 167 Å². The molecule has 2 aromatic rings. The number of carbonyl (C=O) groups excluding carboxylic acids is 4. The largest absolute Gasteiger partial charge is 0.335 e. The molecule has 2 N–H and O–H groups in total. The monoisotopic (exact) mass is 476 g/mol. The molecule has 1 aliphatic rings. The van der Waals surface area contributed by atoms with Crippen molar-refractivity contribution in [2.75, 3.05) is 4.90 Å². The third kappa shape index (κ3) is 4.19. The van der Waals surface area contributed by atoms with Gasteiger partial charge in [0.1, 0.15) is 0 Å². The third-order valence-corrected chi connectivity index (χ3v) is 4.43. The molecule has 0 radical (unpaired) electrons. The average molecular weight is 476 g/mol. The normalized spacial score (nSPS) is 17.1. The number of amides is 5. The second kappa shape index (κ2) is 8.08. The molecule has 1 atom stereocenters. The predicted molar refractivity (Wildman–Crippen MR) is 106 cm³/mol. The van der Waals surface area contributed by atoms with Crippen LogP contribution in [0.15, 0.2) is 59.7 Å². The molecule has 27 heavy (non-hydrogen) atoms. The molecule has 1 saturated heterocycles. The highest BCUT2D eigenvalue weighted by molar-refractivity contribution is 14.1. The summed E-state index contributed by atoms with van der Waals surface area (Å²) < 4.78 is 0.930. The van der Waals surface area contributed by atoms with Gasteiger partial charge < -0.3 is 0 Å². The van der Waals surface area contributed by atoms with Gasteiger partial charge in [0.05, 0.1) is 5.69 Å². The summed E-state index contributed by atoms with van der Waals surface area (Å²) in [7, 11) is 0. The summed E-state index contributed by atoms with van der Waals surface area (Å²) in [6.07, 6.45) is 1.00. The summed E-state index contributed by atoms with van der Waals surface area (Å²) in [4.78, 5) is 49.5. The molecule has 2 aromatic carbocycles. The molecule has 0 saturated carbocycles. The molecule has 8 nitrogen and oxygen atoms in total. The molecule has 0 unspecified atom stereocenters. The van der Waals surface area contributed by atoms with Crippen molar-refractivity contribution >= 4 is 58.2 Å². The van der Waals surface area contributed by atoms with Crippen LogP contribution >= 0.6 is 22.6 Å². The Kier molecular flexibility index (Phi) is 5.60. The minimum absolute atomic E-state index is 0.331. The number of anilines is 1. The maximum atomic E-state index is 12.6. The molecule has 1 aliphatic heterocycles. The lowest BCUT2D eigenvalue weighted by Crippen LogP contribution is -2.58. The minimum Gasteiger partial charge on any atom is -0.276 e. The summed E-state index contributed by atoms with van der Waals surface area (Å²) in [6, 6.07) is 14.2. The van der Waals surface area contributed by atoms with E-state index in [1.54, 1.807) is 54.6 Å². The fraction of sp³-hybridized carbons (Fsp3) is 0.0556. The second-order valence-corrected chi connectivity index (χ2v) is 6.75. The van der Waals surface area contributed by atoms with Gasteiger partial charge in [-0.05, 0) is 59.0 Å². The van der Waals surface area contributed by atoms with Gasteiger partial charge in [0.15, 0.2) is 5.92 Å². The van der Waals surface area contributed by atoms with Gasteiger partial charge in [-0.2, -0.15) is 5.10 Å². The standard InChI is InChI=1S/C18H13IN4O4/c19-12-6-8-13(9-7-12)23-17(26)14(16(25)21-18(23)27)10-20-22-15(24)11-4-2-1-3-5-11/h1-10,14H,(H,22,24)(H,21,25,27)/b20-10-/t14-/m0/s1. The number of barbiturate groups is 1. The lowest BCUT2D eigenvalue weighted by Gasteiger charge is -2.28. The van der Waals surface area contributed by atoms with Crippen molar-refractivity contribution in [2.45, 2.75) is 0 Å². The van der Waals surface area contributed by atoms with Crippen LogP contribution in [0.25, 0.3) is 0 Å². The van der Waals surface area contributed by atoms with E-state index < -0.39 is 29.7 Å². The molecule has 0 aliphatic carbocycles. The first-order valence-corrected chi connectivity index (χ1v) is 8.88. The highest BCUT2D eigenvalue weighted by Crippen LogP contribution is 2.21. The molecule has 136 valence electrons. The first-order chi connectivity index (χ1) is 13.0. The van der Waals surface area contributed by atoms with E-state index in [0.29, 0.717) is 11.3 Å². The topological polar surface area (TPSA) is 108 Å². The predicted octanol–water partition coefficient (Wildman–Crippen LogP) is 1.91. The van der Waals surface area contributed by atoms with E-state index >= 15 is 0 Å². The molecular weight excluding hydrogens is 463 g/mol. The number of hydrogen-bond donors (Lipinski definition) is 2. The van der Waals surface area contributed by atoms with Crippen LogP contribution in [0.4, 0.5) is 10.5 Å². The zero-order valence-electron chi connectivity index (χ0n) is 13.8. The van der Waals surface area contributed by atoms with Gasteiger partial charge >= 0.3 is 6.03 Å². The van der Waals surface area contributed by atoms with Crippen LogP contribution in [-0.4, -0.2) is 30.0 Å². The van der Waals surface area contributed by atoms with Crippen molar-refractivity contribution in [3.63, 3.8) is 0 Å². The van der Waals surface area contributed by atoms with Crippen LogP contribution in [0.2, 0.25) is 0 Å². The van der Waals surface area contributed by atoms with Gasteiger partial charge in [-0.15, -0.1) is 0 Å². The SMILES string of the molecule is O=C(N/N=C\[C@H]1C(=O)NC(=O)N(c2ccc(I)cc2)C1=O)c1ccccc1. The summed E-state index contributed by atoms with van der Waals surface area (Å²) in [6.45, 7) is 0. The van der Waals surface area contributed by atoms with Crippen molar-refractivity contribution in [1.82, 2.24) is 10.7 Å². The quantitative estimate of drug-likeness (QED) is 0.304. The van der Waals surface area contributed by atoms with E-state index in [-0.39, 0.29) is 0 Å². The van der Waals surface area contributed by atoms with Crippen molar-refractivity contribution in [3.05, 3.63) is 63.7 Å². The van der Waals surface area contributed by atoms with Crippen molar-refractivity contribution in [3.8, 4) is 0 Å². The molecule has 0 aromatic heterocycles. The van der Waals surface area contributed by atoms with Crippen LogP contribution in [0, 0.1) is 9.49 Å².